The van der Waals surface area contributed by atoms with Crippen molar-refractivity contribution in [1.29, 1.82) is 5.26 Å². The normalized spacial score (nSPS) is 11.5. The molecule has 9 nitrogen and oxygen atoms in total. The van der Waals surface area contributed by atoms with Crippen LogP contribution in [0.25, 0.3) is 0 Å². The van der Waals surface area contributed by atoms with Crippen molar-refractivity contribution in [2.45, 2.75) is 33.4 Å². The van der Waals surface area contributed by atoms with Gasteiger partial charge in [-0.1, -0.05) is 32.0 Å². The molecular formula is C30H32N4O5. The summed E-state index contributed by atoms with van der Waals surface area (Å²) in [7, 11) is 1.55. The molecule has 3 rings (SSSR count). The highest BCUT2D eigenvalue weighted by atomic mass is 16.5. The summed E-state index contributed by atoms with van der Waals surface area (Å²) in [6, 6.07) is 20.5. The minimum atomic E-state index is -0.789. The largest absolute Gasteiger partial charge is 0.497 e. The number of carbonyl (C=O) groups excluding carboxylic acids is 2. The fourth-order valence-corrected chi connectivity index (χ4v) is 3.65. The summed E-state index contributed by atoms with van der Waals surface area (Å²) in [6.45, 7) is 6.18. The number of ether oxygens (including phenoxy) is 3. The van der Waals surface area contributed by atoms with Gasteiger partial charge in [0.2, 0.25) is 0 Å². The minimum Gasteiger partial charge on any atom is -0.497 e. The maximum Gasteiger partial charge on any atom is 0.262 e. The van der Waals surface area contributed by atoms with E-state index in [0.29, 0.717) is 40.5 Å². The molecule has 1 unspecified atom stereocenters. The van der Waals surface area contributed by atoms with Crippen LogP contribution in [-0.2, 0) is 11.4 Å². The van der Waals surface area contributed by atoms with Crippen LogP contribution >= 0.6 is 0 Å². The van der Waals surface area contributed by atoms with Gasteiger partial charge >= 0.3 is 0 Å². The maximum absolute atomic E-state index is 12.8. The number of hydrogen-bond donors (Lipinski definition) is 2. The highest BCUT2D eigenvalue weighted by molar-refractivity contribution is 5.97. The fourth-order valence-electron chi connectivity index (χ4n) is 3.65. The Bertz CT molecular complexity index is 1350. The molecule has 3 aromatic rings. The summed E-state index contributed by atoms with van der Waals surface area (Å²) in [5.74, 6) is 0.681. The summed E-state index contributed by atoms with van der Waals surface area (Å²) >= 11 is 0. The maximum atomic E-state index is 12.8. The molecule has 1 atom stereocenters. The lowest BCUT2D eigenvalue weighted by atomic mass is 10.0. The van der Waals surface area contributed by atoms with Gasteiger partial charge in [-0.25, -0.2) is 5.43 Å². The Labute approximate surface area is 228 Å². The van der Waals surface area contributed by atoms with Crippen molar-refractivity contribution in [2.75, 3.05) is 13.7 Å². The van der Waals surface area contributed by atoms with E-state index >= 15 is 0 Å². The zero-order valence-electron chi connectivity index (χ0n) is 22.4. The summed E-state index contributed by atoms with van der Waals surface area (Å²) in [5, 5.41) is 16.1. The molecule has 0 heterocycles. The van der Waals surface area contributed by atoms with E-state index in [1.807, 2.05) is 32.9 Å². The van der Waals surface area contributed by atoms with Crippen molar-refractivity contribution < 1.29 is 23.8 Å². The summed E-state index contributed by atoms with van der Waals surface area (Å²) < 4.78 is 16.8. The van der Waals surface area contributed by atoms with Gasteiger partial charge in [-0.2, -0.15) is 10.4 Å². The zero-order valence-corrected chi connectivity index (χ0v) is 22.4. The molecule has 0 bridgehead atoms. The molecule has 3 aromatic carbocycles. The average molecular weight is 529 g/mol. The van der Waals surface area contributed by atoms with Gasteiger partial charge in [0.1, 0.15) is 18.4 Å². The Morgan fingerprint density at radius 1 is 1.03 bits per heavy atom. The topological polar surface area (TPSA) is 122 Å². The van der Waals surface area contributed by atoms with Gasteiger partial charge in [0, 0.05) is 11.1 Å². The zero-order chi connectivity index (χ0) is 28.2. The Morgan fingerprint density at radius 3 is 2.44 bits per heavy atom. The minimum absolute atomic E-state index is 0.172. The molecule has 0 radical (unpaired) electrons. The first kappa shape index (κ1) is 28.7. The first-order chi connectivity index (χ1) is 18.9. The molecule has 0 aliphatic heterocycles. The molecule has 0 aliphatic rings. The van der Waals surface area contributed by atoms with Crippen molar-refractivity contribution in [3.8, 4) is 23.3 Å². The molecule has 0 saturated carbocycles. The van der Waals surface area contributed by atoms with Crippen LogP contribution < -0.4 is 25.0 Å². The SMILES string of the molecule is CCOc1cc(/C=N/NC(=O)C(NC(=O)c2ccc(OC)cc2)C(C)C)ccc1OCc1ccccc1C#N. The standard InChI is InChI=1S/C30H32N4O5/c1-5-38-27-16-21(10-15-26(27)39-19-24-9-7-6-8-23(24)17-31)18-32-34-30(36)28(20(2)3)33-29(35)22-11-13-25(37-4)14-12-22/h6-16,18,20,28H,5,19H2,1-4H3,(H,33,35)(H,34,36)/b32-18+. The second-order valence-electron chi connectivity index (χ2n) is 8.85. The quantitative estimate of drug-likeness (QED) is 0.265. The molecule has 39 heavy (non-hydrogen) atoms. The van der Waals surface area contributed by atoms with Crippen LogP contribution in [0.3, 0.4) is 0 Å². The Balaban J connectivity index is 1.64. The van der Waals surface area contributed by atoms with Gasteiger partial charge in [0.25, 0.3) is 11.8 Å². The number of nitrogens with one attached hydrogen (secondary N) is 2. The number of benzene rings is 3. The molecular weight excluding hydrogens is 496 g/mol. The highest BCUT2D eigenvalue weighted by Crippen LogP contribution is 2.29. The smallest absolute Gasteiger partial charge is 0.262 e. The molecule has 0 aliphatic carbocycles. The van der Waals surface area contributed by atoms with E-state index in [-0.39, 0.29) is 18.4 Å². The number of amides is 2. The third-order valence-corrected chi connectivity index (χ3v) is 5.76. The van der Waals surface area contributed by atoms with Crippen LogP contribution in [0.5, 0.6) is 17.2 Å². The molecule has 0 aromatic heterocycles. The number of nitriles is 1. The van der Waals surface area contributed by atoms with Crippen molar-refractivity contribution in [3.63, 3.8) is 0 Å². The number of rotatable bonds is 12. The fraction of sp³-hybridized carbons (Fsp3) is 0.267. The highest BCUT2D eigenvalue weighted by Gasteiger charge is 2.24. The summed E-state index contributed by atoms with van der Waals surface area (Å²) in [5.41, 5.74) is 4.92. The van der Waals surface area contributed by atoms with Crippen LogP contribution in [0.2, 0.25) is 0 Å². The van der Waals surface area contributed by atoms with Gasteiger partial charge < -0.3 is 19.5 Å². The number of hydrogen-bond acceptors (Lipinski definition) is 7. The second kappa shape index (κ2) is 14.2. The van der Waals surface area contributed by atoms with Crippen LogP contribution in [0.15, 0.2) is 71.8 Å². The van der Waals surface area contributed by atoms with E-state index in [0.717, 1.165) is 5.56 Å². The molecule has 0 spiro atoms. The predicted molar refractivity (Wildman–Crippen MR) is 148 cm³/mol. The van der Waals surface area contributed by atoms with Gasteiger partial charge in [-0.05, 0) is 66.9 Å². The molecule has 2 N–H and O–H groups in total. The molecule has 9 heteroatoms. The van der Waals surface area contributed by atoms with Crippen molar-refractivity contribution in [1.82, 2.24) is 10.7 Å². The van der Waals surface area contributed by atoms with Crippen molar-refractivity contribution in [2.24, 2.45) is 11.0 Å². The molecule has 2 amide bonds. The van der Waals surface area contributed by atoms with Gasteiger partial charge in [-0.15, -0.1) is 0 Å². The summed E-state index contributed by atoms with van der Waals surface area (Å²) in [6.07, 6.45) is 1.48. The summed E-state index contributed by atoms with van der Waals surface area (Å²) in [4.78, 5) is 25.5. The number of carbonyl (C=O) groups is 2. The first-order valence-corrected chi connectivity index (χ1v) is 12.5. The lowest BCUT2D eigenvalue weighted by Crippen LogP contribution is -2.48. The monoisotopic (exact) mass is 528 g/mol. The lowest BCUT2D eigenvalue weighted by molar-refractivity contribution is -0.123. The van der Waals surface area contributed by atoms with Gasteiger partial charge in [-0.3, -0.25) is 9.59 Å². The van der Waals surface area contributed by atoms with Crippen LogP contribution in [0.1, 0.15) is 47.8 Å². The van der Waals surface area contributed by atoms with E-state index in [2.05, 4.69) is 21.9 Å². The van der Waals surface area contributed by atoms with Gasteiger partial charge in [0.05, 0.1) is 31.6 Å². The third kappa shape index (κ3) is 8.07. The van der Waals surface area contributed by atoms with Crippen LogP contribution in [0.4, 0.5) is 0 Å². The Kier molecular flexibility index (Phi) is 10.5. The van der Waals surface area contributed by atoms with E-state index < -0.39 is 11.9 Å². The van der Waals surface area contributed by atoms with E-state index in [1.54, 1.807) is 61.7 Å². The number of nitrogens with zero attached hydrogens (tertiary/aromatic N) is 2. The first-order valence-electron chi connectivity index (χ1n) is 12.5. The van der Waals surface area contributed by atoms with Crippen molar-refractivity contribution in [3.05, 3.63) is 89.0 Å². The Hall–Kier alpha value is -4.84. The van der Waals surface area contributed by atoms with Crippen LogP contribution in [-0.4, -0.2) is 37.8 Å². The van der Waals surface area contributed by atoms with E-state index in [9.17, 15) is 14.9 Å². The van der Waals surface area contributed by atoms with E-state index in [1.165, 1.54) is 6.21 Å². The Morgan fingerprint density at radius 2 is 1.77 bits per heavy atom. The molecule has 0 saturated heterocycles. The molecule has 202 valence electrons. The number of methoxy groups -OCH3 is 1. The second-order valence-corrected chi connectivity index (χ2v) is 8.85. The van der Waals surface area contributed by atoms with Crippen molar-refractivity contribution >= 4 is 18.0 Å². The van der Waals surface area contributed by atoms with Crippen LogP contribution in [0, 0.1) is 17.2 Å². The molecule has 0 fully saturated rings. The average Bonchev–Trinajstić information content (AvgIpc) is 2.95. The predicted octanol–water partition coefficient (Wildman–Crippen LogP) is 4.45. The lowest BCUT2D eigenvalue weighted by Gasteiger charge is -2.20. The van der Waals surface area contributed by atoms with E-state index in [4.69, 9.17) is 14.2 Å². The third-order valence-electron chi connectivity index (χ3n) is 5.76. The number of hydrazone groups is 1. The van der Waals surface area contributed by atoms with Gasteiger partial charge in [0.15, 0.2) is 11.5 Å².